The second-order valence-electron chi connectivity index (χ2n) is 6.09. The number of benzene rings is 1. The zero-order chi connectivity index (χ0) is 19.6. The molecule has 11 nitrogen and oxygen atoms in total. The first-order chi connectivity index (χ1) is 12.9. The molecule has 0 bridgehead atoms. The maximum Gasteiger partial charge on any atom is 0.407 e. The maximum atomic E-state index is 12.3. The topological polar surface area (TPSA) is 149 Å². The Bertz CT molecular complexity index is 725. The number of piperidine rings is 1. The second-order valence-corrected chi connectivity index (χ2v) is 6.09. The van der Waals surface area contributed by atoms with Crippen molar-refractivity contribution in [1.82, 2.24) is 20.6 Å². The number of carbonyl (C=O) groups is 4. The van der Waals surface area contributed by atoms with Gasteiger partial charge in [-0.05, 0) is 25.0 Å². The van der Waals surface area contributed by atoms with Crippen LogP contribution in [0.4, 0.5) is 9.59 Å². The minimum Gasteiger partial charge on any atom is -0.465 e. The molecule has 144 valence electrons. The van der Waals surface area contributed by atoms with E-state index in [-0.39, 0.29) is 11.1 Å². The van der Waals surface area contributed by atoms with Gasteiger partial charge in [-0.25, -0.2) is 9.59 Å². The van der Waals surface area contributed by atoms with Crippen molar-refractivity contribution in [2.24, 2.45) is 0 Å². The van der Waals surface area contributed by atoms with E-state index in [4.69, 9.17) is 15.1 Å². The Labute approximate surface area is 153 Å². The summed E-state index contributed by atoms with van der Waals surface area (Å²) in [5, 5.41) is 22.6. The Balaban J connectivity index is 1.58. The molecule has 11 heteroatoms. The molecule has 1 aromatic carbocycles. The molecule has 2 aliphatic rings. The van der Waals surface area contributed by atoms with Crippen molar-refractivity contribution < 1.29 is 34.2 Å². The van der Waals surface area contributed by atoms with Crippen LogP contribution in [0, 0.1) is 0 Å². The molecule has 0 aliphatic carbocycles. The van der Waals surface area contributed by atoms with E-state index < -0.39 is 36.4 Å². The van der Waals surface area contributed by atoms with Crippen molar-refractivity contribution in [1.29, 1.82) is 0 Å². The molecule has 1 aromatic rings. The van der Waals surface area contributed by atoms with Gasteiger partial charge in [0.2, 0.25) is 0 Å². The summed E-state index contributed by atoms with van der Waals surface area (Å²) in [6.45, 7) is 0.609. The average Bonchev–Trinajstić information content (AvgIpc) is 2.86. The zero-order valence-corrected chi connectivity index (χ0v) is 14.1. The Morgan fingerprint density at radius 2 is 1.48 bits per heavy atom. The number of amides is 4. The first-order valence-electron chi connectivity index (χ1n) is 8.24. The fourth-order valence-electron chi connectivity index (χ4n) is 3.10. The molecule has 1 saturated heterocycles. The smallest absolute Gasteiger partial charge is 0.407 e. The van der Waals surface area contributed by atoms with E-state index in [0.717, 1.165) is 5.06 Å². The lowest BCUT2D eigenvalue weighted by Crippen LogP contribution is -2.60. The van der Waals surface area contributed by atoms with Crippen LogP contribution in [0.2, 0.25) is 0 Å². The molecule has 0 radical (unpaired) electrons. The number of nitrogens with zero attached hydrogens (tertiary/aromatic N) is 2. The molecule has 0 spiro atoms. The fraction of sp³-hybridized carbons (Fsp3) is 0.375. The lowest BCUT2D eigenvalue weighted by Gasteiger charge is -2.37. The number of fused-ring (bicyclic) bond motifs is 1. The lowest BCUT2D eigenvalue weighted by atomic mass is 10.1. The van der Waals surface area contributed by atoms with Crippen LogP contribution < -0.4 is 10.6 Å². The summed E-state index contributed by atoms with van der Waals surface area (Å²) in [6.07, 6.45) is -3.49. The van der Waals surface area contributed by atoms with Gasteiger partial charge < -0.3 is 10.2 Å². The first kappa shape index (κ1) is 18.6. The quantitative estimate of drug-likeness (QED) is 0.427. The summed E-state index contributed by atoms with van der Waals surface area (Å²) >= 11 is 0. The Hall–Kier alpha value is -3.18. The van der Waals surface area contributed by atoms with Gasteiger partial charge >= 0.3 is 12.2 Å². The number of hydrogen-bond acceptors (Lipinski definition) is 6. The number of nitrogens with one attached hydrogen (secondary N) is 2. The van der Waals surface area contributed by atoms with Crippen molar-refractivity contribution in [2.75, 3.05) is 13.1 Å². The van der Waals surface area contributed by atoms with E-state index in [2.05, 4.69) is 10.6 Å². The Morgan fingerprint density at radius 3 is 1.93 bits per heavy atom. The number of carbonyl (C=O) groups excluding carboxylic acids is 2. The summed E-state index contributed by atoms with van der Waals surface area (Å²) < 4.78 is 0. The maximum absolute atomic E-state index is 12.3. The van der Waals surface area contributed by atoms with Gasteiger partial charge in [0.15, 0.2) is 6.29 Å². The van der Waals surface area contributed by atoms with Crippen LogP contribution in [0.1, 0.15) is 33.6 Å². The summed E-state index contributed by atoms with van der Waals surface area (Å²) in [5.41, 5.74) is 0.577. The SMILES string of the molecule is O=C(O)NC(NC(=O)O)N1CCC(ON2C(=O)c3ccccc3C2=O)CC1. The van der Waals surface area contributed by atoms with Crippen LogP contribution in [0.3, 0.4) is 0 Å². The highest BCUT2D eigenvalue weighted by atomic mass is 16.7. The molecular weight excluding hydrogens is 360 g/mol. The molecule has 1 fully saturated rings. The molecule has 2 heterocycles. The van der Waals surface area contributed by atoms with Gasteiger partial charge in [0.05, 0.1) is 17.2 Å². The highest BCUT2D eigenvalue weighted by molar-refractivity contribution is 6.20. The molecule has 0 atom stereocenters. The first-order valence-corrected chi connectivity index (χ1v) is 8.24. The van der Waals surface area contributed by atoms with Crippen LogP contribution in [0.15, 0.2) is 24.3 Å². The molecule has 0 saturated carbocycles. The number of hydrogen-bond donors (Lipinski definition) is 4. The van der Waals surface area contributed by atoms with E-state index in [9.17, 15) is 19.2 Å². The number of carboxylic acid groups (broad SMARTS) is 2. The fourth-order valence-corrected chi connectivity index (χ4v) is 3.10. The van der Waals surface area contributed by atoms with Gasteiger partial charge in [-0.2, -0.15) is 0 Å². The molecular formula is C16H18N4O7. The number of rotatable bonds is 5. The summed E-state index contributed by atoms with van der Waals surface area (Å²) in [5.74, 6) is -1.04. The predicted molar refractivity (Wildman–Crippen MR) is 88.7 cm³/mol. The van der Waals surface area contributed by atoms with E-state index in [1.54, 1.807) is 29.2 Å². The van der Waals surface area contributed by atoms with Crippen LogP contribution in [0.5, 0.6) is 0 Å². The highest BCUT2D eigenvalue weighted by Crippen LogP contribution is 2.25. The van der Waals surface area contributed by atoms with Crippen molar-refractivity contribution >= 4 is 24.0 Å². The molecule has 4 N–H and O–H groups in total. The van der Waals surface area contributed by atoms with Gasteiger partial charge in [0.1, 0.15) is 0 Å². The van der Waals surface area contributed by atoms with Crippen LogP contribution in [0.25, 0.3) is 0 Å². The lowest BCUT2D eigenvalue weighted by molar-refractivity contribution is -0.148. The molecule has 4 amide bonds. The summed E-state index contributed by atoms with van der Waals surface area (Å²) in [4.78, 5) is 53.5. The van der Waals surface area contributed by atoms with Crippen molar-refractivity contribution in [3.63, 3.8) is 0 Å². The third-order valence-corrected chi connectivity index (χ3v) is 4.37. The standard InChI is InChI=1S/C16H18N4O7/c21-12-10-3-1-2-4-11(10)13(22)20(12)27-9-5-7-19(8-6-9)14(17-15(23)24)18-16(25)26/h1-4,9,14,17-18H,5-8H2,(H,23,24)(H,25,26). The normalized spacial score (nSPS) is 17.9. The molecule has 27 heavy (non-hydrogen) atoms. The number of imide groups is 1. The van der Waals surface area contributed by atoms with E-state index >= 15 is 0 Å². The number of hydroxylamine groups is 2. The van der Waals surface area contributed by atoms with Crippen molar-refractivity contribution in [2.45, 2.75) is 25.2 Å². The van der Waals surface area contributed by atoms with E-state index in [1.165, 1.54) is 0 Å². The van der Waals surface area contributed by atoms with Gasteiger partial charge in [0, 0.05) is 13.1 Å². The van der Waals surface area contributed by atoms with Crippen LogP contribution >= 0.6 is 0 Å². The highest BCUT2D eigenvalue weighted by Gasteiger charge is 2.39. The van der Waals surface area contributed by atoms with Crippen LogP contribution in [-0.4, -0.2) is 69.7 Å². The van der Waals surface area contributed by atoms with Crippen molar-refractivity contribution in [3.8, 4) is 0 Å². The van der Waals surface area contributed by atoms with Gasteiger partial charge in [-0.15, -0.1) is 5.06 Å². The predicted octanol–water partition coefficient (Wildman–Crippen LogP) is 0.497. The number of likely N-dealkylation sites (tertiary alicyclic amines) is 1. The Morgan fingerprint density at radius 1 is 1.00 bits per heavy atom. The van der Waals surface area contributed by atoms with Crippen molar-refractivity contribution in [3.05, 3.63) is 35.4 Å². The summed E-state index contributed by atoms with van der Waals surface area (Å²) in [6, 6.07) is 6.44. The minimum atomic E-state index is -1.36. The molecule has 0 aromatic heterocycles. The monoisotopic (exact) mass is 378 g/mol. The van der Waals surface area contributed by atoms with E-state index in [0.29, 0.717) is 25.9 Å². The van der Waals surface area contributed by atoms with Crippen LogP contribution in [-0.2, 0) is 4.84 Å². The minimum absolute atomic E-state index is 0.288. The van der Waals surface area contributed by atoms with Gasteiger partial charge in [-0.1, -0.05) is 12.1 Å². The third kappa shape index (κ3) is 3.99. The second kappa shape index (κ2) is 7.60. The Kier molecular flexibility index (Phi) is 5.23. The molecule has 2 aliphatic heterocycles. The van der Waals surface area contributed by atoms with E-state index in [1.807, 2.05) is 0 Å². The molecule has 3 rings (SSSR count). The summed E-state index contributed by atoms with van der Waals surface area (Å²) in [7, 11) is 0. The molecule has 0 unspecified atom stereocenters. The third-order valence-electron chi connectivity index (χ3n) is 4.37. The van der Waals surface area contributed by atoms with Gasteiger partial charge in [0.25, 0.3) is 11.8 Å². The zero-order valence-electron chi connectivity index (χ0n) is 14.1. The average molecular weight is 378 g/mol. The van der Waals surface area contributed by atoms with Gasteiger partial charge in [-0.3, -0.25) is 30.0 Å². The largest absolute Gasteiger partial charge is 0.465 e.